The molecule has 2 aliphatic heterocycles. The lowest BCUT2D eigenvalue weighted by Gasteiger charge is -2.33. The molecule has 2 aromatic rings. The highest BCUT2D eigenvalue weighted by molar-refractivity contribution is 5.95. The van der Waals surface area contributed by atoms with Crippen molar-refractivity contribution >= 4 is 11.6 Å². The van der Waals surface area contributed by atoms with Crippen LogP contribution in [0.15, 0.2) is 36.4 Å². The predicted molar refractivity (Wildman–Crippen MR) is 164 cm³/mol. The molecule has 2 fully saturated rings. The van der Waals surface area contributed by atoms with Crippen LogP contribution in [0.5, 0.6) is 11.5 Å². The first kappa shape index (κ1) is 29.0. The fraction of sp³-hybridized carbons (Fsp3) is 0.629. The second kappa shape index (κ2) is 12.5. The van der Waals surface area contributed by atoms with E-state index < -0.39 is 0 Å². The molecule has 0 bridgehead atoms. The van der Waals surface area contributed by atoms with Crippen LogP contribution < -0.4 is 14.4 Å². The van der Waals surface area contributed by atoms with Crippen LogP contribution in [0.4, 0.5) is 5.69 Å². The first-order chi connectivity index (χ1) is 19.3. The Kier molecular flexibility index (Phi) is 9.09. The number of unbranched alkanes of at least 4 members (excludes halogenated alkanes) is 1. The monoisotopic (exact) mass is 546 g/mol. The molecule has 3 aliphatic rings. The van der Waals surface area contributed by atoms with E-state index in [1.165, 1.54) is 42.4 Å². The third-order valence-electron chi connectivity index (χ3n) is 9.26. The van der Waals surface area contributed by atoms with Crippen molar-refractivity contribution in [2.45, 2.75) is 110 Å². The zero-order valence-electron chi connectivity index (χ0n) is 25.5. The van der Waals surface area contributed by atoms with Crippen LogP contribution in [-0.2, 0) is 11.2 Å². The van der Waals surface area contributed by atoms with E-state index in [1.807, 2.05) is 0 Å². The summed E-state index contributed by atoms with van der Waals surface area (Å²) in [5.41, 5.74) is 5.27. The van der Waals surface area contributed by atoms with Crippen molar-refractivity contribution in [3.05, 3.63) is 53.1 Å². The molecule has 0 aromatic heterocycles. The fourth-order valence-electron chi connectivity index (χ4n) is 6.96. The smallest absolute Gasteiger partial charge is 0.241 e. The van der Waals surface area contributed by atoms with Gasteiger partial charge in [-0.2, -0.15) is 0 Å². The third kappa shape index (κ3) is 6.67. The van der Waals surface area contributed by atoms with Gasteiger partial charge < -0.3 is 14.4 Å². The highest BCUT2D eigenvalue weighted by Crippen LogP contribution is 2.51. The van der Waals surface area contributed by atoms with E-state index in [0.29, 0.717) is 31.2 Å². The molecular formula is C35H50N2O3. The molecule has 2 atom stereocenters. The van der Waals surface area contributed by atoms with Crippen LogP contribution in [0.2, 0.25) is 0 Å². The van der Waals surface area contributed by atoms with Crippen LogP contribution in [0.3, 0.4) is 0 Å². The lowest BCUT2D eigenvalue weighted by atomic mass is 9.80. The number of aryl methyl sites for hydroxylation is 1. The van der Waals surface area contributed by atoms with Gasteiger partial charge in [0, 0.05) is 30.4 Å². The predicted octanol–water partition coefficient (Wildman–Crippen LogP) is 8.06. The Labute approximate surface area is 242 Å². The standard InChI is InChI=1S/C35H50N2O3/c1-6-9-16-37(29-12-10-11-25(8-3)17-29)33(38)23-36-22-28(18-30(36)21-35(4,5)15-7-2)27-19-31(26-13-14-26)34-32(20-27)39-24-40-34/h10-12,17,19-20,26,28,30H,6-9,13-16,18,21-24H2,1-5H3. The summed E-state index contributed by atoms with van der Waals surface area (Å²) in [5.74, 6) is 3.12. The Morgan fingerprint density at radius 1 is 1.05 bits per heavy atom. The van der Waals surface area contributed by atoms with Crippen molar-refractivity contribution in [1.82, 2.24) is 4.90 Å². The van der Waals surface area contributed by atoms with Crippen LogP contribution in [0, 0.1) is 5.41 Å². The molecule has 5 heteroatoms. The lowest BCUT2D eigenvalue weighted by molar-refractivity contribution is -0.120. The minimum atomic E-state index is 0.227. The number of hydrogen-bond donors (Lipinski definition) is 0. The van der Waals surface area contributed by atoms with Crippen molar-refractivity contribution in [2.75, 3.05) is 31.3 Å². The zero-order chi connectivity index (χ0) is 28.3. The molecule has 0 radical (unpaired) electrons. The van der Waals surface area contributed by atoms with Gasteiger partial charge in [0.1, 0.15) is 0 Å². The van der Waals surface area contributed by atoms with Gasteiger partial charge in [-0.3, -0.25) is 9.69 Å². The van der Waals surface area contributed by atoms with Crippen LogP contribution in [0.25, 0.3) is 0 Å². The maximum absolute atomic E-state index is 14.0. The molecule has 5 nitrogen and oxygen atoms in total. The number of anilines is 1. The lowest BCUT2D eigenvalue weighted by Crippen LogP contribution is -2.44. The minimum absolute atomic E-state index is 0.227. The molecule has 5 rings (SSSR count). The Balaban J connectivity index is 1.39. The van der Waals surface area contributed by atoms with Crippen molar-refractivity contribution in [1.29, 1.82) is 0 Å². The molecule has 1 amide bonds. The number of carbonyl (C=O) groups excluding carboxylic acids is 1. The molecular weight excluding hydrogens is 496 g/mol. The largest absolute Gasteiger partial charge is 0.454 e. The number of ether oxygens (including phenoxy) is 2. The summed E-state index contributed by atoms with van der Waals surface area (Å²) in [5, 5.41) is 0. The van der Waals surface area contributed by atoms with Crippen LogP contribution in [-0.4, -0.2) is 43.3 Å². The topological polar surface area (TPSA) is 42.0 Å². The van der Waals surface area contributed by atoms with Gasteiger partial charge in [-0.15, -0.1) is 0 Å². The van der Waals surface area contributed by atoms with Gasteiger partial charge in [-0.05, 0) is 91.5 Å². The highest BCUT2D eigenvalue weighted by atomic mass is 16.7. The van der Waals surface area contributed by atoms with Gasteiger partial charge in [0.25, 0.3) is 0 Å². The summed E-state index contributed by atoms with van der Waals surface area (Å²) in [4.78, 5) is 18.6. The van der Waals surface area contributed by atoms with Crippen molar-refractivity contribution < 1.29 is 14.3 Å². The normalized spacial score (nSPS) is 20.7. The highest BCUT2D eigenvalue weighted by Gasteiger charge is 2.39. The molecule has 40 heavy (non-hydrogen) atoms. The maximum Gasteiger partial charge on any atom is 0.241 e. The van der Waals surface area contributed by atoms with E-state index in [4.69, 9.17) is 9.47 Å². The summed E-state index contributed by atoms with van der Waals surface area (Å²) in [7, 11) is 0. The van der Waals surface area contributed by atoms with E-state index >= 15 is 0 Å². The molecule has 1 saturated heterocycles. The van der Waals surface area contributed by atoms with Gasteiger partial charge in [0.15, 0.2) is 11.5 Å². The first-order valence-electron chi connectivity index (χ1n) is 15.9. The summed E-state index contributed by atoms with van der Waals surface area (Å²) >= 11 is 0. The van der Waals surface area contributed by atoms with Crippen molar-refractivity contribution in [3.8, 4) is 11.5 Å². The Bertz CT molecular complexity index is 1170. The number of benzene rings is 2. The van der Waals surface area contributed by atoms with Crippen LogP contribution in [0.1, 0.15) is 115 Å². The second-order valence-corrected chi connectivity index (χ2v) is 13.2. The molecule has 0 N–H and O–H groups in total. The van der Waals surface area contributed by atoms with Crippen LogP contribution >= 0.6 is 0 Å². The van der Waals surface area contributed by atoms with Gasteiger partial charge >= 0.3 is 0 Å². The van der Waals surface area contributed by atoms with E-state index in [0.717, 1.165) is 62.4 Å². The molecule has 1 aliphatic carbocycles. The average molecular weight is 547 g/mol. The van der Waals surface area contributed by atoms with E-state index in [9.17, 15) is 4.79 Å². The first-order valence-corrected chi connectivity index (χ1v) is 15.9. The number of amides is 1. The number of fused-ring (bicyclic) bond motifs is 1. The fourth-order valence-corrected chi connectivity index (χ4v) is 6.96. The quantitative estimate of drug-likeness (QED) is 0.255. The average Bonchev–Trinajstić information content (AvgIpc) is 3.55. The number of likely N-dealkylation sites (tertiary alicyclic amines) is 1. The minimum Gasteiger partial charge on any atom is -0.454 e. The molecule has 1 saturated carbocycles. The number of nitrogens with zero attached hydrogens (tertiary/aromatic N) is 2. The number of rotatable bonds is 13. The Morgan fingerprint density at radius 2 is 1.88 bits per heavy atom. The van der Waals surface area contributed by atoms with Gasteiger partial charge in [-0.1, -0.05) is 65.7 Å². The van der Waals surface area contributed by atoms with Crippen molar-refractivity contribution in [2.24, 2.45) is 5.41 Å². The van der Waals surface area contributed by atoms with E-state index in [1.54, 1.807) is 0 Å². The third-order valence-corrected chi connectivity index (χ3v) is 9.26. The summed E-state index contributed by atoms with van der Waals surface area (Å²) in [6.45, 7) is 13.9. The summed E-state index contributed by atoms with van der Waals surface area (Å²) < 4.78 is 11.8. The number of hydrogen-bond acceptors (Lipinski definition) is 4. The van der Waals surface area contributed by atoms with Crippen molar-refractivity contribution in [3.63, 3.8) is 0 Å². The SMILES string of the molecule is CCCCN(C(=O)CN1CC(c2cc3c(c(C4CC4)c2)OCO3)CC1CC(C)(C)CCC)c1cccc(CC)c1. The van der Waals surface area contributed by atoms with Gasteiger partial charge in [-0.25, -0.2) is 0 Å². The van der Waals surface area contributed by atoms with Gasteiger partial charge in [0.2, 0.25) is 12.7 Å². The molecule has 2 unspecified atom stereocenters. The maximum atomic E-state index is 14.0. The molecule has 2 aromatic carbocycles. The Hall–Kier alpha value is -2.53. The summed E-state index contributed by atoms with van der Waals surface area (Å²) in [6, 6.07) is 13.6. The zero-order valence-corrected chi connectivity index (χ0v) is 25.5. The van der Waals surface area contributed by atoms with E-state index in [-0.39, 0.29) is 11.3 Å². The number of carbonyl (C=O) groups is 1. The second-order valence-electron chi connectivity index (χ2n) is 13.2. The van der Waals surface area contributed by atoms with Gasteiger partial charge in [0.05, 0.1) is 6.54 Å². The van der Waals surface area contributed by atoms with E-state index in [2.05, 4.69) is 80.8 Å². The summed E-state index contributed by atoms with van der Waals surface area (Å²) in [6.07, 6.45) is 10.1. The molecule has 218 valence electrons. The Morgan fingerprint density at radius 3 is 2.60 bits per heavy atom. The molecule has 2 heterocycles. The molecule has 0 spiro atoms.